The fraction of sp³-hybridized carbons (Fsp3) is 0.172. The summed E-state index contributed by atoms with van der Waals surface area (Å²) in [4.78, 5) is 17.5. The molecule has 0 fully saturated rings. The Bertz CT molecular complexity index is 1620. The summed E-state index contributed by atoms with van der Waals surface area (Å²) < 4.78 is 9.06. The third kappa shape index (κ3) is 3.88. The van der Waals surface area contributed by atoms with Crippen molar-refractivity contribution in [3.63, 3.8) is 0 Å². The number of benzene rings is 3. The lowest BCUT2D eigenvalue weighted by Crippen LogP contribution is -2.33. The van der Waals surface area contributed by atoms with E-state index in [4.69, 9.17) is 16.3 Å². The van der Waals surface area contributed by atoms with Gasteiger partial charge in [0.15, 0.2) is 5.60 Å². The van der Waals surface area contributed by atoms with E-state index < -0.39 is 5.60 Å². The maximum atomic E-state index is 13.3. The molecule has 5 rings (SSSR count). The number of pyridine rings is 1. The van der Waals surface area contributed by atoms with Gasteiger partial charge in [-0.05, 0) is 47.9 Å². The van der Waals surface area contributed by atoms with Gasteiger partial charge in [0.25, 0.3) is 5.56 Å². The van der Waals surface area contributed by atoms with Gasteiger partial charge >= 0.3 is 0 Å². The average molecular weight is 500 g/mol. The number of rotatable bonds is 6. The summed E-state index contributed by atoms with van der Waals surface area (Å²) >= 11 is 6.17. The molecular formula is C29H26ClN3O3. The van der Waals surface area contributed by atoms with Crippen LogP contribution in [0.3, 0.4) is 0 Å². The molecule has 5 aromatic rings. The second-order valence-electron chi connectivity index (χ2n) is 8.72. The summed E-state index contributed by atoms with van der Waals surface area (Å²) in [5.41, 5.74) is 2.19. The summed E-state index contributed by atoms with van der Waals surface area (Å²) in [5, 5.41) is 13.9. The van der Waals surface area contributed by atoms with Crippen molar-refractivity contribution in [2.45, 2.75) is 12.5 Å². The molecule has 0 aliphatic carbocycles. The van der Waals surface area contributed by atoms with Crippen LogP contribution in [0.25, 0.3) is 22.0 Å². The Labute approximate surface area is 214 Å². The van der Waals surface area contributed by atoms with E-state index in [9.17, 15) is 9.90 Å². The molecule has 1 unspecified atom stereocenters. The van der Waals surface area contributed by atoms with Gasteiger partial charge in [0, 0.05) is 36.1 Å². The molecule has 182 valence electrons. The number of halogens is 1. The van der Waals surface area contributed by atoms with Crippen LogP contribution in [0.5, 0.6) is 5.75 Å². The number of ether oxygens (including phenoxy) is 1. The number of hydrogen-bond donors (Lipinski definition) is 1. The molecule has 0 saturated carbocycles. The van der Waals surface area contributed by atoms with Crippen molar-refractivity contribution in [1.82, 2.24) is 14.1 Å². The molecule has 0 radical (unpaired) electrons. The summed E-state index contributed by atoms with van der Waals surface area (Å²) in [7, 11) is 3.55. The van der Waals surface area contributed by atoms with Gasteiger partial charge in [-0.25, -0.2) is 4.98 Å². The number of fused-ring (bicyclic) bond motifs is 1. The van der Waals surface area contributed by atoms with Crippen molar-refractivity contribution < 1.29 is 9.84 Å². The maximum absolute atomic E-state index is 13.3. The molecule has 36 heavy (non-hydrogen) atoms. The predicted octanol–water partition coefficient (Wildman–Crippen LogP) is 5.28. The summed E-state index contributed by atoms with van der Waals surface area (Å²) in [6.45, 7) is 2.48. The molecule has 2 heterocycles. The topological polar surface area (TPSA) is 69.3 Å². The molecular weight excluding hydrogens is 474 g/mol. The predicted molar refractivity (Wildman–Crippen MR) is 143 cm³/mol. The SMILES string of the molecule is CCOc1cccc(-c2cc(=O)n(C)c3c(C(O)(c4ccc(Cl)cc4)c4cncn4C)cccc23)c1. The van der Waals surface area contributed by atoms with Crippen molar-refractivity contribution in [3.8, 4) is 16.9 Å². The molecule has 2 aromatic heterocycles. The third-order valence-corrected chi connectivity index (χ3v) is 6.81. The van der Waals surface area contributed by atoms with E-state index in [1.54, 1.807) is 59.0 Å². The van der Waals surface area contributed by atoms with Crippen LogP contribution in [0.2, 0.25) is 5.02 Å². The smallest absolute Gasteiger partial charge is 0.251 e. The van der Waals surface area contributed by atoms with Gasteiger partial charge in [0.2, 0.25) is 0 Å². The zero-order valence-electron chi connectivity index (χ0n) is 20.3. The zero-order chi connectivity index (χ0) is 25.4. The van der Waals surface area contributed by atoms with E-state index in [0.29, 0.717) is 34.0 Å². The fourth-order valence-electron chi connectivity index (χ4n) is 4.82. The van der Waals surface area contributed by atoms with Crippen LogP contribution in [0.1, 0.15) is 23.7 Å². The van der Waals surface area contributed by atoms with Crippen molar-refractivity contribution in [1.29, 1.82) is 0 Å². The number of para-hydroxylation sites is 1. The van der Waals surface area contributed by atoms with Gasteiger partial charge in [0.1, 0.15) is 5.75 Å². The van der Waals surface area contributed by atoms with E-state index in [-0.39, 0.29) is 5.56 Å². The zero-order valence-corrected chi connectivity index (χ0v) is 21.0. The maximum Gasteiger partial charge on any atom is 0.251 e. The standard InChI is InChI=1S/C29H26ClN3O3/c1-4-36-22-8-5-7-19(15-22)24-16-27(34)33(3)28-23(24)9-6-10-25(28)29(35,26-17-31-18-32(26)2)20-11-13-21(30)14-12-20/h5-18,35H,4H2,1-3H3. The normalized spacial score (nSPS) is 13.0. The Kier molecular flexibility index (Phi) is 6.16. The second kappa shape index (κ2) is 9.30. The minimum Gasteiger partial charge on any atom is -0.494 e. The highest BCUT2D eigenvalue weighted by molar-refractivity contribution is 6.30. The second-order valence-corrected chi connectivity index (χ2v) is 9.16. The highest BCUT2D eigenvalue weighted by Crippen LogP contribution is 2.41. The Balaban J connectivity index is 1.86. The molecule has 1 N–H and O–H groups in total. The van der Waals surface area contributed by atoms with Crippen molar-refractivity contribution >= 4 is 22.5 Å². The van der Waals surface area contributed by atoms with Crippen molar-refractivity contribution in [3.05, 3.63) is 118 Å². The number of aryl methyl sites for hydroxylation is 2. The highest BCUT2D eigenvalue weighted by atomic mass is 35.5. The largest absolute Gasteiger partial charge is 0.494 e. The molecule has 7 heteroatoms. The van der Waals surface area contributed by atoms with E-state index in [0.717, 1.165) is 22.3 Å². The Morgan fingerprint density at radius 2 is 1.78 bits per heavy atom. The lowest BCUT2D eigenvalue weighted by Gasteiger charge is -2.31. The van der Waals surface area contributed by atoms with Crippen LogP contribution >= 0.6 is 11.6 Å². The molecule has 0 saturated heterocycles. The van der Waals surface area contributed by atoms with E-state index in [1.807, 2.05) is 56.4 Å². The Morgan fingerprint density at radius 1 is 1.03 bits per heavy atom. The first-order chi connectivity index (χ1) is 17.3. The Hall–Kier alpha value is -3.87. The number of aromatic nitrogens is 3. The fourth-order valence-corrected chi connectivity index (χ4v) is 4.95. The van der Waals surface area contributed by atoms with Gasteiger partial charge in [0.05, 0.1) is 30.3 Å². The number of nitrogens with zero attached hydrogens (tertiary/aromatic N) is 3. The molecule has 0 spiro atoms. The minimum absolute atomic E-state index is 0.185. The lowest BCUT2D eigenvalue weighted by molar-refractivity contribution is 0.118. The van der Waals surface area contributed by atoms with Crippen LogP contribution in [-0.2, 0) is 19.7 Å². The molecule has 1 atom stereocenters. The van der Waals surface area contributed by atoms with E-state index in [1.165, 1.54) is 0 Å². The quantitative estimate of drug-likeness (QED) is 0.345. The highest BCUT2D eigenvalue weighted by Gasteiger charge is 2.38. The van der Waals surface area contributed by atoms with Gasteiger partial charge in [-0.3, -0.25) is 4.79 Å². The average Bonchev–Trinajstić information content (AvgIpc) is 3.32. The first-order valence-corrected chi connectivity index (χ1v) is 12.0. The van der Waals surface area contributed by atoms with Crippen LogP contribution in [0, 0.1) is 0 Å². The van der Waals surface area contributed by atoms with Gasteiger partial charge in [-0.1, -0.05) is 54.1 Å². The Morgan fingerprint density at radius 3 is 2.47 bits per heavy atom. The summed E-state index contributed by atoms with van der Waals surface area (Å²) in [6, 6.07) is 22.1. The first kappa shape index (κ1) is 23.9. The number of imidazole rings is 1. The number of hydrogen-bond acceptors (Lipinski definition) is 4. The molecule has 3 aromatic carbocycles. The number of aliphatic hydroxyl groups is 1. The van der Waals surface area contributed by atoms with Gasteiger partial charge in [-0.15, -0.1) is 0 Å². The van der Waals surface area contributed by atoms with Crippen molar-refractivity contribution in [2.24, 2.45) is 14.1 Å². The molecule has 0 amide bonds. The molecule has 0 aliphatic heterocycles. The summed E-state index contributed by atoms with van der Waals surface area (Å²) in [6.07, 6.45) is 3.28. The van der Waals surface area contributed by atoms with E-state index in [2.05, 4.69) is 4.98 Å². The van der Waals surface area contributed by atoms with Gasteiger partial charge < -0.3 is 19.0 Å². The summed E-state index contributed by atoms with van der Waals surface area (Å²) in [5.74, 6) is 0.729. The van der Waals surface area contributed by atoms with Crippen molar-refractivity contribution in [2.75, 3.05) is 6.61 Å². The molecule has 0 aliphatic rings. The van der Waals surface area contributed by atoms with Crippen LogP contribution in [0.4, 0.5) is 0 Å². The van der Waals surface area contributed by atoms with Crippen LogP contribution in [-0.4, -0.2) is 25.8 Å². The van der Waals surface area contributed by atoms with E-state index >= 15 is 0 Å². The first-order valence-electron chi connectivity index (χ1n) is 11.7. The lowest BCUT2D eigenvalue weighted by atomic mass is 9.81. The van der Waals surface area contributed by atoms with Gasteiger partial charge in [-0.2, -0.15) is 0 Å². The van der Waals surface area contributed by atoms with Crippen LogP contribution in [0.15, 0.2) is 90.1 Å². The molecule has 6 nitrogen and oxygen atoms in total. The molecule has 0 bridgehead atoms. The monoisotopic (exact) mass is 499 g/mol. The van der Waals surface area contributed by atoms with Crippen LogP contribution < -0.4 is 10.3 Å². The third-order valence-electron chi connectivity index (χ3n) is 6.56. The minimum atomic E-state index is -1.61.